The van der Waals surface area contributed by atoms with Gasteiger partial charge >= 0.3 is 0 Å². The first kappa shape index (κ1) is 15.7. The zero-order valence-electron chi connectivity index (χ0n) is 12.2. The van der Waals surface area contributed by atoms with Gasteiger partial charge in [-0.25, -0.2) is 0 Å². The van der Waals surface area contributed by atoms with Gasteiger partial charge in [0.25, 0.3) is 5.91 Å². The van der Waals surface area contributed by atoms with Crippen molar-refractivity contribution in [3.63, 3.8) is 0 Å². The third kappa shape index (κ3) is 2.98. The maximum absolute atomic E-state index is 12.5. The van der Waals surface area contributed by atoms with E-state index in [4.69, 9.17) is 23.2 Å². The monoisotopic (exact) mass is 345 g/mol. The molecule has 0 bridgehead atoms. The van der Waals surface area contributed by atoms with Crippen molar-refractivity contribution < 1.29 is 9.90 Å². The number of amides is 1. The molecule has 0 spiro atoms. The first-order valence-corrected chi connectivity index (χ1v) is 7.70. The van der Waals surface area contributed by atoms with Crippen molar-refractivity contribution in [2.75, 3.05) is 5.32 Å². The van der Waals surface area contributed by atoms with Gasteiger partial charge in [-0.3, -0.25) is 4.79 Å². The Bertz CT molecular complexity index is 922. The molecule has 0 aliphatic rings. The average Bonchev–Trinajstić information content (AvgIpc) is 2.54. The maximum Gasteiger partial charge on any atom is 0.259 e. The molecule has 23 heavy (non-hydrogen) atoms. The average molecular weight is 346 g/mol. The largest absolute Gasteiger partial charge is 0.507 e. The molecule has 0 aliphatic carbocycles. The summed E-state index contributed by atoms with van der Waals surface area (Å²) in [4.78, 5) is 12.5. The highest BCUT2D eigenvalue weighted by atomic mass is 35.5. The Kier molecular flexibility index (Phi) is 4.16. The molecule has 3 nitrogen and oxygen atoms in total. The van der Waals surface area contributed by atoms with E-state index in [1.807, 2.05) is 24.3 Å². The molecule has 116 valence electrons. The summed E-state index contributed by atoms with van der Waals surface area (Å²) in [5.74, 6) is -0.478. The minimum atomic E-state index is -0.408. The lowest BCUT2D eigenvalue weighted by Gasteiger charge is -2.12. The summed E-state index contributed by atoms with van der Waals surface area (Å²) >= 11 is 12.0. The van der Waals surface area contributed by atoms with E-state index in [1.54, 1.807) is 31.2 Å². The van der Waals surface area contributed by atoms with Crippen LogP contribution in [0.1, 0.15) is 15.9 Å². The van der Waals surface area contributed by atoms with Crippen LogP contribution in [-0.4, -0.2) is 11.0 Å². The van der Waals surface area contributed by atoms with E-state index in [9.17, 15) is 9.90 Å². The second-order valence-corrected chi connectivity index (χ2v) is 5.99. The summed E-state index contributed by atoms with van der Waals surface area (Å²) < 4.78 is 0. The molecule has 0 fully saturated rings. The lowest BCUT2D eigenvalue weighted by Crippen LogP contribution is -2.13. The quantitative estimate of drug-likeness (QED) is 0.652. The van der Waals surface area contributed by atoms with Crippen LogP contribution < -0.4 is 5.32 Å². The van der Waals surface area contributed by atoms with Crippen LogP contribution in [-0.2, 0) is 0 Å². The first-order valence-electron chi connectivity index (χ1n) is 6.95. The molecular formula is C18H13Cl2NO2. The molecule has 0 saturated heterocycles. The number of carbonyl (C=O) groups excluding carboxylic acids is 1. The second kappa shape index (κ2) is 6.11. The standard InChI is InChI=1S/C18H13Cl2NO2/c1-10-15(7-6-14(19)17(10)20)21-18(23)13-8-11-4-2-3-5-12(11)9-16(13)22/h2-9,22H,1H3,(H,21,23). The van der Waals surface area contributed by atoms with E-state index in [0.717, 1.165) is 10.8 Å². The van der Waals surface area contributed by atoms with Gasteiger partial charge in [-0.2, -0.15) is 0 Å². The van der Waals surface area contributed by atoms with Crippen LogP contribution >= 0.6 is 23.2 Å². The smallest absolute Gasteiger partial charge is 0.259 e. The Labute approximate surface area is 143 Å². The highest BCUT2D eigenvalue weighted by Crippen LogP contribution is 2.32. The molecule has 0 heterocycles. The molecule has 0 radical (unpaired) electrons. The molecule has 0 aromatic heterocycles. The lowest BCUT2D eigenvalue weighted by molar-refractivity contribution is 0.102. The molecule has 3 aromatic carbocycles. The second-order valence-electron chi connectivity index (χ2n) is 5.20. The number of phenols is 1. The van der Waals surface area contributed by atoms with Crippen LogP contribution in [0.5, 0.6) is 5.75 Å². The fraction of sp³-hybridized carbons (Fsp3) is 0.0556. The third-order valence-corrected chi connectivity index (χ3v) is 4.59. The van der Waals surface area contributed by atoms with Crippen LogP contribution in [0.15, 0.2) is 48.5 Å². The number of hydrogen-bond acceptors (Lipinski definition) is 2. The van der Waals surface area contributed by atoms with Gasteiger partial charge in [-0.1, -0.05) is 47.5 Å². The Morgan fingerprint density at radius 3 is 2.39 bits per heavy atom. The number of aromatic hydroxyl groups is 1. The molecule has 0 aliphatic heterocycles. The van der Waals surface area contributed by atoms with Crippen molar-refractivity contribution in [2.24, 2.45) is 0 Å². The highest BCUT2D eigenvalue weighted by Gasteiger charge is 2.15. The normalized spacial score (nSPS) is 10.7. The molecule has 2 N–H and O–H groups in total. The van der Waals surface area contributed by atoms with Crippen LogP contribution in [0, 0.1) is 6.92 Å². The summed E-state index contributed by atoms with van der Waals surface area (Å²) in [6.45, 7) is 1.77. The van der Waals surface area contributed by atoms with E-state index >= 15 is 0 Å². The number of halogens is 2. The van der Waals surface area contributed by atoms with Gasteiger partial charge in [0.15, 0.2) is 0 Å². The number of anilines is 1. The van der Waals surface area contributed by atoms with Crippen LogP contribution in [0.3, 0.4) is 0 Å². The number of hydrogen-bond donors (Lipinski definition) is 2. The molecule has 3 aromatic rings. The van der Waals surface area contributed by atoms with Gasteiger partial charge in [-0.15, -0.1) is 0 Å². The summed E-state index contributed by atoms with van der Waals surface area (Å²) in [5, 5.41) is 15.4. The molecule has 3 rings (SSSR count). The first-order chi connectivity index (χ1) is 11.0. The van der Waals surface area contributed by atoms with E-state index in [-0.39, 0.29) is 11.3 Å². The summed E-state index contributed by atoms with van der Waals surface area (Å²) in [6, 6.07) is 14.0. The van der Waals surface area contributed by atoms with Gasteiger partial charge in [0.05, 0.1) is 15.6 Å². The SMILES string of the molecule is Cc1c(NC(=O)c2cc3ccccc3cc2O)ccc(Cl)c1Cl. The molecule has 0 atom stereocenters. The van der Waals surface area contributed by atoms with Gasteiger partial charge in [-0.05, 0) is 47.5 Å². The molecule has 1 amide bonds. The zero-order valence-corrected chi connectivity index (χ0v) is 13.7. The zero-order chi connectivity index (χ0) is 16.6. The van der Waals surface area contributed by atoms with E-state index in [0.29, 0.717) is 21.3 Å². The van der Waals surface area contributed by atoms with Crippen LogP contribution in [0.25, 0.3) is 10.8 Å². The predicted octanol–water partition coefficient (Wildman–Crippen LogP) is 5.41. The number of rotatable bonds is 2. The molecule has 0 saturated carbocycles. The number of fused-ring (bicyclic) bond motifs is 1. The Hall–Kier alpha value is -2.23. The Balaban J connectivity index is 1.98. The molecule has 0 unspecified atom stereocenters. The topological polar surface area (TPSA) is 49.3 Å². The van der Waals surface area contributed by atoms with Gasteiger partial charge in [0.1, 0.15) is 5.75 Å². The van der Waals surface area contributed by atoms with E-state index in [1.165, 1.54) is 0 Å². The van der Waals surface area contributed by atoms with Crippen molar-refractivity contribution >= 4 is 45.6 Å². The van der Waals surface area contributed by atoms with Crippen LogP contribution in [0.2, 0.25) is 10.0 Å². The fourth-order valence-corrected chi connectivity index (χ4v) is 2.76. The summed E-state index contributed by atoms with van der Waals surface area (Å²) in [7, 11) is 0. The highest BCUT2D eigenvalue weighted by molar-refractivity contribution is 6.42. The minimum absolute atomic E-state index is 0.0705. The van der Waals surface area contributed by atoms with E-state index < -0.39 is 5.91 Å². The van der Waals surface area contributed by atoms with Crippen molar-refractivity contribution in [3.05, 3.63) is 69.7 Å². The number of nitrogens with one attached hydrogen (secondary N) is 1. The van der Waals surface area contributed by atoms with Crippen molar-refractivity contribution in [1.82, 2.24) is 0 Å². The Morgan fingerprint density at radius 2 is 1.70 bits per heavy atom. The summed E-state index contributed by atoms with van der Waals surface area (Å²) in [6.07, 6.45) is 0. The number of phenolic OH excluding ortho intramolecular Hbond substituents is 1. The van der Waals surface area contributed by atoms with Gasteiger partial charge in [0, 0.05) is 5.69 Å². The van der Waals surface area contributed by atoms with Crippen LogP contribution in [0.4, 0.5) is 5.69 Å². The third-order valence-electron chi connectivity index (χ3n) is 3.70. The minimum Gasteiger partial charge on any atom is -0.507 e. The van der Waals surface area contributed by atoms with Crippen molar-refractivity contribution in [3.8, 4) is 5.75 Å². The van der Waals surface area contributed by atoms with Crippen molar-refractivity contribution in [2.45, 2.75) is 6.92 Å². The van der Waals surface area contributed by atoms with E-state index in [2.05, 4.69) is 5.32 Å². The summed E-state index contributed by atoms with van der Waals surface area (Å²) in [5.41, 5.74) is 1.43. The fourth-order valence-electron chi connectivity index (χ4n) is 2.39. The number of carbonyl (C=O) groups is 1. The molecular weight excluding hydrogens is 333 g/mol. The Morgan fingerprint density at radius 1 is 1.04 bits per heavy atom. The maximum atomic E-state index is 12.5. The lowest BCUT2D eigenvalue weighted by atomic mass is 10.1. The van der Waals surface area contributed by atoms with Gasteiger partial charge < -0.3 is 10.4 Å². The van der Waals surface area contributed by atoms with Gasteiger partial charge in [0.2, 0.25) is 0 Å². The molecule has 5 heteroatoms. The van der Waals surface area contributed by atoms with Crippen molar-refractivity contribution in [1.29, 1.82) is 0 Å². The number of benzene rings is 3. The predicted molar refractivity (Wildman–Crippen MR) is 94.8 cm³/mol.